The Morgan fingerprint density at radius 2 is 1.61 bits per heavy atom. The summed E-state index contributed by atoms with van der Waals surface area (Å²) in [6.45, 7) is -0.186. The first kappa shape index (κ1) is 20.8. The fraction of sp³-hybridized carbons (Fsp3) is 0.208. The lowest BCUT2D eigenvalue weighted by molar-refractivity contribution is 0.0166. The molecular formula is C24H23FN2O4. The molecule has 1 amide bonds. The SMILES string of the molecule is Nc1cccc(C(O)C(O)CNC(=O)OCC2c3ccccc3-c3ccccc32)c1F. The third-order valence-corrected chi connectivity index (χ3v) is 5.54. The van der Waals surface area contributed by atoms with E-state index < -0.39 is 24.1 Å². The first-order valence-electron chi connectivity index (χ1n) is 9.96. The minimum Gasteiger partial charge on any atom is -0.449 e. The summed E-state index contributed by atoms with van der Waals surface area (Å²) in [5.41, 5.74) is 9.64. The van der Waals surface area contributed by atoms with E-state index in [-0.39, 0.29) is 30.3 Å². The molecule has 0 radical (unpaired) electrons. The van der Waals surface area contributed by atoms with Crippen LogP contribution in [0.4, 0.5) is 14.9 Å². The van der Waals surface area contributed by atoms with Crippen molar-refractivity contribution in [2.45, 2.75) is 18.1 Å². The number of fused-ring (bicyclic) bond motifs is 3. The molecule has 3 aromatic rings. The van der Waals surface area contributed by atoms with Crippen LogP contribution in [0.5, 0.6) is 0 Å². The van der Waals surface area contributed by atoms with Gasteiger partial charge in [0.05, 0.1) is 5.69 Å². The number of carbonyl (C=O) groups is 1. The molecule has 0 heterocycles. The molecule has 31 heavy (non-hydrogen) atoms. The molecule has 4 rings (SSSR count). The van der Waals surface area contributed by atoms with E-state index in [1.165, 1.54) is 18.2 Å². The maximum Gasteiger partial charge on any atom is 0.407 e. The largest absolute Gasteiger partial charge is 0.449 e. The molecule has 0 bridgehead atoms. The molecule has 0 saturated heterocycles. The number of carbonyl (C=O) groups excluding carboxylic acids is 1. The highest BCUT2D eigenvalue weighted by atomic mass is 19.1. The van der Waals surface area contributed by atoms with Crippen LogP contribution in [0.2, 0.25) is 0 Å². The summed E-state index contributed by atoms with van der Waals surface area (Å²) in [6.07, 6.45) is -3.71. The van der Waals surface area contributed by atoms with Crippen LogP contribution in [-0.2, 0) is 4.74 Å². The summed E-state index contributed by atoms with van der Waals surface area (Å²) in [5, 5.41) is 22.8. The second kappa shape index (κ2) is 8.75. The van der Waals surface area contributed by atoms with Crippen molar-refractivity contribution in [1.29, 1.82) is 0 Å². The number of ether oxygens (including phenoxy) is 1. The van der Waals surface area contributed by atoms with Crippen LogP contribution in [-0.4, -0.2) is 35.6 Å². The van der Waals surface area contributed by atoms with Gasteiger partial charge in [-0.25, -0.2) is 9.18 Å². The average Bonchev–Trinajstić information content (AvgIpc) is 3.11. The van der Waals surface area contributed by atoms with Gasteiger partial charge in [-0.05, 0) is 28.3 Å². The van der Waals surface area contributed by atoms with Crippen LogP contribution < -0.4 is 11.1 Å². The Balaban J connectivity index is 1.35. The molecule has 2 atom stereocenters. The standard InChI is InChI=1S/C24H23FN2O4/c25-22-18(10-5-11-20(22)26)23(29)21(28)12-27-24(30)31-13-19-16-8-3-1-6-14(16)15-7-2-4-9-17(15)19/h1-11,19,21,23,28-29H,12-13,26H2,(H,27,30). The maximum atomic E-state index is 14.0. The lowest BCUT2D eigenvalue weighted by Crippen LogP contribution is -2.36. The van der Waals surface area contributed by atoms with Gasteiger partial charge in [-0.1, -0.05) is 60.7 Å². The number of hydrogen-bond acceptors (Lipinski definition) is 5. The average molecular weight is 422 g/mol. The van der Waals surface area contributed by atoms with Crippen LogP contribution in [0, 0.1) is 5.82 Å². The number of aliphatic hydroxyl groups is 2. The topological polar surface area (TPSA) is 105 Å². The molecule has 160 valence electrons. The van der Waals surface area contributed by atoms with Crippen LogP contribution in [0.3, 0.4) is 0 Å². The van der Waals surface area contributed by atoms with Crippen molar-refractivity contribution >= 4 is 11.8 Å². The lowest BCUT2D eigenvalue weighted by atomic mass is 9.98. The molecule has 0 aliphatic heterocycles. The van der Waals surface area contributed by atoms with Gasteiger partial charge in [0.2, 0.25) is 0 Å². The molecule has 0 saturated carbocycles. The molecular weight excluding hydrogens is 399 g/mol. The molecule has 1 aliphatic rings. The smallest absolute Gasteiger partial charge is 0.407 e. The molecule has 7 heteroatoms. The zero-order valence-corrected chi connectivity index (χ0v) is 16.7. The van der Waals surface area contributed by atoms with Gasteiger partial charge in [0.1, 0.15) is 18.8 Å². The van der Waals surface area contributed by atoms with Crippen molar-refractivity contribution in [1.82, 2.24) is 5.32 Å². The number of amides is 1. The van der Waals surface area contributed by atoms with E-state index in [2.05, 4.69) is 5.32 Å². The van der Waals surface area contributed by atoms with E-state index in [1.54, 1.807) is 0 Å². The molecule has 3 aromatic carbocycles. The van der Waals surface area contributed by atoms with E-state index >= 15 is 0 Å². The molecule has 0 fully saturated rings. The summed E-state index contributed by atoms with van der Waals surface area (Å²) in [6, 6.07) is 20.1. The summed E-state index contributed by atoms with van der Waals surface area (Å²) < 4.78 is 19.4. The van der Waals surface area contributed by atoms with Gasteiger partial charge in [0.25, 0.3) is 0 Å². The van der Waals surface area contributed by atoms with Crippen molar-refractivity contribution in [2.24, 2.45) is 0 Å². The number of nitrogens with two attached hydrogens (primary N) is 1. The van der Waals surface area contributed by atoms with E-state index in [9.17, 15) is 19.4 Å². The normalized spacial score (nSPS) is 14.4. The highest BCUT2D eigenvalue weighted by Crippen LogP contribution is 2.44. The van der Waals surface area contributed by atoms with Gasteiger partial charge >= 0.3 is 6.09 Å². The quantitative estimate of drug-likeness (QED) is 0.456. The monoisotopic (exact) mass is 422 g/mol. The van der Waals surface area contributed by atoms with Crippen molar-refractivity contribution < 1.29 is 24.1 Å². The van der Waals surface area contributed by atoms with E-state index in [4.69, 9.17) is 10.5 Å². The molecule has 1 aliphatic carbocycles. The maximum absolute atomic E-state index is 14.0. The Hall–Kier alpha value is -3.42. The minimum absolute atomic E-state index is 0.0879. The molecule has 5 N–H and O–H groups in total. The summed E-state index contributed by atoms with van der Waals surface area (Å²) in [5.74, 6) is -0.884. The Kier molecular flexibility index (Phi) is 5.88. The van der Waals surface area contributed by atoms with Crippen molar-refractivity contribution in [3.05, 3.63) is 89.2 Å². The summed E-state index contributed by atoms with van der Waals surface area (Å²) in [4.78, 5) is 12.2. The minimum atomic E-state index is -1.54. The predicted molar refractivity (Wildman–Crippen MR) is 115 cm³/mol. The van der Waals surface area contributed by atoms with Gasteiger partial charge in [-0.3, -0.25) is 0 Å². The zero-order chi connectivity index (χ0) is 22.0. The van der Waals surface area contributed by atoms with E-state index in [1.807, 2.05) is 48.5 Å². The van der Waals surface area contributed by atoms with E-state index in [0.29, 0.717) is 0 Å². The highest BCUT2D eigenvalue weighted by molar-refractivity contribution is 5.79. The summed E-state index contributed by atoms with van der Waals surface area (Å²) >= 11 is 0. The van der Waals surface area contributed by atoms with Crippen LogP contribution in [0.25, 0.3) is 11.1 Å². The molecule has 6 nitrogen and oxygen atoms in total. The Bertz CT molecular complexity index is 1060. The molecule has 0 aromatic heterocycles. The Morgan fingerprint density at radius 1 is 1.00 bits per heavy atom. The molecule has 2 unspecified atom stereocenters. The fourth-order valence-corrected chi connectivity index (χ4v) is 3.95. The van der Waals surface area contributed by atoms with Gasteiger partial charge in [0, 0.05) is 18.0 Å². The van der Waals surface area contributed by atoms with Gasteiger partial charge in [-0.15, -0.1) is 0 Å². The third kappa shape index (κ3) is 4.10. The van der Waals surface area contributed by atoms with E-state index in [0.717, 1.165) is 22.3 Å². The van der Waals surface area contributed by atoms with Gasteiger partial charge in [-0.2, -0.15) is 0 Å². The Labute approximate surface area is 179 Å². The fourth-order valence-electron chi connectivity index (χ4n) is 3.95. The number of rotatable bonds is 6. The second-order valence-corrected chi connectivity index (χ2v) is 7.47. The summed E-state index contributed by atoms with van der Waals surface area (Å²) in [7, 11) is 0. The number of nitrogen functional groups attached to an aromatic ring is 1. The third-order valence-electron chi connectivity index (χ3n) is 5.54. The first-order chi connectivity index (χ1) is 15.0. The van der Waals surface area contributed by atoms with Gasteiger partial charge in [0.15, 0.2) is 5.82 Å². The number of aliphatic hydroxyl groups excluding tert-OH is 2. The Morgan fingerprint density at radius 3 is 2.26 bits per heavy atom. The van der Waals surface area contributed by atoms with Crippen LogP contribution in [0.15, 0.2) is 66.7 Å². The second-order valence-electron chi connectivity index (χ2n) is 7.47. The van der Waals surface area contributed by atoms with Gasteiger partial charge < -0.3 is 26.0 Å². The number of hydrogen-bond donors (Lipinski definition) is 4. The van der Waals surface area contributed by atoms with Crippen molar-refractivity contribution in [2.75, 3.05) is 18.9 Å². The number of nitrogens with one attached hydrogen (secondary N) is 1. The molecule has 0 spiro atoms. The predicted octanol–water partition coefficient (Wildman–Crippen LogP) is 3.34. The highest BCUT2D eigenvalue weighted by Gasteiger charge is 2.29. The zero-order valence-electron chi connectivity index (χ0n) is 16.7. The van der Waals surface area contributed by atoms with Crippen LogP contribution >= 0.6 is 0 Å². The number of halogens is 1. The lowest BCUT2D eigenvalue weighted by Gasteiger charge is -2.20. The number of alkyl carbamates (subject to hydrolysis) is 1. The number of benzene rings is 3. The van der Waals surface area contributed by atoms with Crippen molar-refractivity contribution in [3.63, 3.8) is 0 Å². The van der Waals surface area contributed by atoms with Crippen molar-refractivity contribution in [3.8, 4) is 11.1 Å². The number of anilines is 1. The van der Waals surface area contributed by atoms with Crippen LogP contribution in [0.1, 0.15) is 28.7 Å². The first-order valence-corrected chi connectivity index (χ1v) is 9.96.